The van der Waals surface area contributed by atoms with Crippen molar-refractivity contribution in [1.82, 2.24) is 14.9 Å². The molecule has 5 nitrogen and oxygen atoms in total. The van der Waals surface area contributed by atoms with Crippen molar-refractivity contribution in [3.8, 4) is 11.3 Å². The molecule has 0 aliphatic carbocycles. The van der Waals surface area contributed by atoms with Crippen molar-refractivity contribution in [2.45, 2.75) is 52.2 Å². The molecular formula is C19H25N3O2. The van der Waals surface area contributed by atoms with E-state index in [0.717, 1.165) is 29.9 Å². The fourth-order valence-corrected chi connectivity index (χ4v) is 2.98. The minimum atomic E-state index is -0.486. The summed E-state index contributed by atoms with van der Waals surface area (Å²) in [4.78, 5) is 22.1. The first-order valence-corrected chi connectivity index (χ1v) is 8.45. The van der Waals surface area contributed by atoms with Crippen LogP contribution in [0.4, 0.5) is 4.79 Å². The molecule has 1 aliphatic heterocycles. The number of imidazole rings is 1. The Morgan fingerprint density at radius 1 is 1.29 bits per heavy atom. The number of rotatable bonds is 2. The van der Waals surface area contributed by atoms with Crippen LogP contribution in [0.25, 0.3) is 11.3 Å². The summed E-state index contributed by atoms with van der Waals surface area (Å²) in [6.07, 6.45) is 3.44. The Morgan fingerprint density at radius 2 is 2.00 bits per heavy atom. The van der Waals surface area contributed by atoms with Crippen molar-refractivity contribution < 1.29 is 9.53 Å². The molecule has 128 valence electrons. The SMILES string of the molecule is Cc1ccc(-c2cnc(C3CCCN3C(=O)OC(C)(C)C)[nH]2)cc1. The number of nitrogens with one attached hydrogen (secondary N) is 1. The zero-order valence-electron chi connectivity index (χ0n) is 14.8. The Bertz CT molecular complexity index is 713. The monoisotopic (exact) mass is 327 g/mol. The van der Waals surface area contributed by atoms with E-state index in [0.29, 0.717) is 6.54 Å². The third kappa shape index (κ3) is 3.61. The maximum atomic E-state index is 12.4. The minimum absolute atomic E-state index is 0.0425. The van der Waals surface area contributed by atoms with Gasteiger partial charge in [-0.1, -0.05) is 29.8 Å². The van der Waals surface area contributed by atoms with Crippen LogP contribution in [0.15, 0.2) is 30.5 Å². The molecule has 1 aromatic carbocycles. The van der Waals surface area contributed by atoms with E-state index in [9.17, 15) is 4.79 Å². The van der Waals surface area contributed by atoms with Gasteiger partial charge in [0.05, 0.1) is 17.9 Å². The molecule has 1 unspecified atom stereocenters. The largest absolute Gasteiger partial charge is 0.444 e. The summed E-state index contributed by atoms with van der Waals surface area (Å²) in [5, 5.41) is 0. The lowest BCUT2D eigenvalue weighted by atomic mass is 10.1. The number of aromatic nitrogens is 2. The predicted molar refractivity (Wildman–Crippen MR) is 93.7 cm³/mol. The van der Waals surface area contributed by atoms with Gasteiger partial charge in [0.25, 0.3) is 0 Å². The van der Waals surface area contributed by atoms with E-state index in [-0.39, 0.29) is 12.1 Å². The number of nitrogens with zero attached hydrogens (tertiary/aromatic N) is 2. The number of aryl methyl sites for hydroxylation is 1. The highest BCUT2D eigenvalue weighted by Crippen LogP contribution is 2.32. The molecule has 0 spiro atoms. The number of benzene rings is 1. The van der Waals surface area contributed by atoms with Crippen LogP contribution < -0.4 is 0 Å². The summed E-state index contributed by atoms with van der Waals surface area (Å²) in [6, 6.07) is 8.27. The highest BCUT2D eigenvalue weighted by Gasteiger charge is 2.34. The second-order valence-corrected chi connectivity index (χ2v) is 7.38. The molecule has 5 heteroatoms. The Balaban J connectivity index is 1.78. The number of amides is 1. The molecule has 3 rings (SSSR count). The topological polar surface area (TPSA) is 58.2 Å². The number of hydrogen-bond acceptors (Lipinski definition) is 3. The van der Waals surface area contributed by atoms with E-state index in [4.69, 9.17) is 4.74 Å². The quantitative estimate of drug-likeness (QED) is 0.886. The Labute approximate surface area is 143 Å². The van der Waals surface area contributed by atoms with Crippen LogP contribution in [0.1, 0.15) is 51.0 Å². The van der Waals surface area contributed by atoms with Gasteiger partial charge in [0.2, 0.25) is 0 Å². The molecule has 1 aliphatic rings. The summed E-state index contributed by atoms with van der Waals surface area (Å²) in [5.74, 6) is 0.828. The van der Waals surface area contributed by atoms with Crippen LogP contribution in [0.5, 0.6) is 0 Å². The summed E-state index contributed by atoms with van der Waals surface area (Å²) in [6.45, 7) is 8.44. The average Bonchev–Trinajstić information content (AvgIpc) is 3.15. The van der Waals surface area contributed by atoms with Gasteiger partial charge in [-0.05, 0) is 46.1 Å². The fraction of sp³-hybridized carbons (Fsp3) is 0.474. The molecule has 2 aromatic rings. The van der Waals surface area contributed by atoms with Crippen LogP contribution in [0.2, 0.25) is 0 Å². The van der Waals surface area contributed by atoms with E-state index in [1.807, 2.05) is 27.0 Å². The molecule has 1 N–H and O–H groups in total. The van der Waals surface area contributed by atoms with Crippen molar-refractivity contribution in [3.63, 3.8) is 0 Å². The van der Waals surface area contributed by atoms with Crippen molar-refractivity contribution in [2.24, 2.45) is 0 Å². The summed E-state index contributed by atoms with van der Waals surface area (Å²) in [7, 11) is 0. The maximum absolute atomic E-state index is 12.4. The zero-order chi connectivity index (χ0) is 17.3. The van der Waals surface area contributed by atoms with Crippen LogP contribution in [0, 0.1) is 6.92 Å². The van der Waals surface area contributed by atoms with Crippen molar-refractivity contribution in [1.29, 1.82) is 0 Å². The highest BCUT2D eigenvalue weighted by atomic mass is 16.6. The standard InChI is InChI=1S/C19H25N3O2/c1-13-7-9-14(10-8-13)15-12-20-17(21-15)16-6-5-11-22(16)18(23)24-19(2,3)4/h7-10,12,16H,5-6,11H2,1-4H3,(H,20,21). The third-order valence-electron chi connectivity index (χ3n) is 4.15. The fourth-order valence-electron chi connectivity index (χ4n) is 2.98. The molecule has 1 atom stereocenters. The molecule has 0 saturated carbocycles. The molecule has 0 bridgehead atoms. The first-order valence-electron chi connectivity index (χ1n) is 8.45. The summed E-state index contributed by atoms with van der Waals surface area (Å²) >= 11 is 0. The van der Waals surface area contributed by atoms with E-state index in [1.54, 1.807) is 4.90 Å². The van der Waals surface area contributed by atoms with Crippen molar-refractivity contribution in [2.75, 3.05) is 6.54 Å². The summed E-state index contributed by atoms with van der Waals surface area (Å²) < 4.78 is 5.52. The lowest BCUT2D eigenvalue weighted by Crippen LogP contribution is -2.36. The number of carbonyl (C=O) groups excluding carboxylic acids is 1. The molecule has 1 amide bonds. The Morgan fingerprint density at radius 3 is 2.67 bits per heavy atom. The lowest BCUT2D eigenvalue weighted by Gasteiger charge is -2.27. The molecule has 24 heavy (non-hydrogen) atoms. The molecule has 1 saturated heterocycles. The Hall–Kier alpha value is -2.30. The van der Waals surface area contributed by atoms with Crippen LogP contribution in [-0.4, -0.2) is 33.1 Å². The second-order valence-electron chi connectivity index (χ2n) is 7.38. The highest BCUT2D eigenvalue weighted by molar-refractivity contribution is 5.69. The van der Waals surface area contributed by atoms with Gasteiger partial charge in [-0.3, -0.25) is 4.90 Å². The van der Waals surface area contributed by atoms with E-state index in [1.165, 1.54) is 5.56 Å². The molecule has 0 radical (unpaired) electrons. The number of ether oxygens (including phenoxy) is 1. The average molecular weight is 327 g/mol. The minimum Gasteiger partial charge on any atom is -0.444 e. The number of likely N-dealkylation sites (tertiary alicyclic amines) is 1. The summed E-state index contributed by atoms with van der Waals surface area (Å²) in [5.41, 5.74) is 2.81. The van der Waals surface area contributed by atoms with E-state index < -0.39 is 5.60 Å². The van der Waals surface area contributed by atoms with Gasteiger partial charge in [0, 0.05) is 6.54 Å². The van der Waals surface area contributed by atoms with Gasteiger partial charge in [-0.2, -0.15) is 0 Å². The first-order chi connectivity index (χ1) is 11.3. The first kappa shape index (κ1) is 16.6. The molecule has 2 heterocycles. The normalized spacial score (nSPS) is 18.0. The molecule has 1 fully saturated rings. The van der Waals surface area contributed by atoms with Crippen LogP contribution in [0.3, 0.4) is 0 Å². The third-order valence-corrected chi connectivity index (χ3v) is 4.15. The van der Waals surface area contributed by atoms with E-state index >= 15 is 0 Å². The number of aromatic amines is 1. The predicted octanol–water partition coefficient (Wildman–Crippen LogP) is 4.46. The molecular weight excluding hydrogens is 302 g/mol. The van der Waals surface area contributed by atoms with Gasteiger partial charge in [0.1, 0.15) is 11.4 Å². The van der Waals surface area contributed by atoms with Gasteiger partial charge >= 0.3 is 6.09 Å². The van der Waals surface area contributed by atoms with Gasteiger partial charge in [-0.25, -0.2) is 9.78 Å². The van der Waals surface area contributed by atoms with Crippen LogP contribution >= 0.6 is 0 Å². The zero-order valence-corrected chi connectivity index (χ0v) is 14.8. The maximum Gasteiger partial charge on any atom is 0.410 e. The lowest BCUT2D eigenvalue weighted by molar-refractivity contribution is 0.0219. The Kier molecular flexibility index (Phi) is 4.35. The van der Waals surface area contributed by atoms with Gasteiger partial charge < -0.3 is 9.72 Å². The second kappa shape index (κ2) is 6.30. The van der Waals surface area contributed by atoms with Gasteiger partial charge in [-0.15, -0.1) is 0 Å². The van der Waals surface area contributed by atoms with Crippen molar-refractivity contribution >= 4 is 6.09 Å². The number of carbonyl (C=O) groups is 1. The smallest absolute Gasteiger partial charge is 0.410 e. The number of hydrogen-bond donors (Lipinski definition) is 1. The van der Waals surface area contributed by atoms with E-state index in [2.05, 4.69) is 41.2 Å². The van der Waals surface area contributed by atoms with Crippen molar-refractivity contribution in [3.05, 3.63) is 41.9 Å². The molecule has 1 aromatic heterocycles. The van der Waals surface area contributed by atoms with Gasteiger partial charge in [0.15, 0.2) is 0 Å². The van der Waals surface area contributed by atoms with Crippen LogP contribution in [-0.2, 0) is 4.74 Å². The number of H-pyrrole nitrogens is 1.